The molecule has 0 saturated heterocycles. The third kappa shape index (κ3) is 11.8. The maximum Gasteiger partial charge on any atom is 0.136 e. The normalized spacial score (nSPS) is 14.5. The Labute approximate surface area is 742 Å². The SMILES string of the molecule is [2H]c1c([2H])c([2H])c2c(-c3cccc4oc5ccccc5c34)c3c([2H])c([2H])c([2H])c([2H])c3c(-c3cc4ccccc4c4ccccc34)c2c1[2H].[2H]c1c([2H])c([2H])c2c(-c3cccc4oc5ccccc5c34)c3c([2H])c([2H])c([2H])c([2H])c3c(-c3cccc(-c4ccc5ccccc5c4)c3)c2c1[2H].[2H]c1c([2H])c([2H])c2c(-c3cccc4oc5ccccc5c34)c3c([2H])c([2H])c([2H])c([2H])c3c(-c3cccc(-c4ccccc4)c3)c2c1[2H]. The third-order valence-electron chi connectivity index (χ3n) is 23.7. The van der Waals surface area contributed by atoms with Crippen LogP contribution >= 0.6 is 0 Å². The minimum absolute atomic E-state index is 0.169. The zero-order valence-corrected chi connectivity index (χ0v) is 65.1. The van der Waals surface area contributed by atoms with Crippen molar-refractivity contribution in [3.8, 4) is 89.0 Å². The number of furan rings is 3. The van der Waals surface area contributed by atoms with Gasteiger partial charge in [0.2, 0.25) is 0 Å². The number of rotatable bonds is 8. The molecule has 0 atom stereocenters. The van der Waals surface area contributed by atoms with Gasteiger partial charge in [0.1, 0.15) is 33.5 Å². The predicted molar refractivity (Wildman–Crippen MR) is 522 cm³/mol. The molecule has 23 aromatic carbocycles. The topological polar surface area (TPSA) is 39.4 Å². The molecule has 3 heterocycles. The van der Waals surface area contributed by atoms with Crippen molar-refractivity contribution in [3.05, 3.63) is 448 Å². The summed E-state index contributed by atoms with van der Waals surface area (Å²) in [7, 11) is 0. The standard InChI is InChI=1S/C42H26O.C40H24O.C38H24O/c1-2-12-28-25-30(24-23-27(28)11-1)29-13-9-14-31(26-29)40-32-15-3-5-17-34(32)41(35-18-6-4-16-33(35)40)37-20-10-22-39-42(37)36-19-7-8-21-38(36)43-39;1-2-13-26-25(12-1)24-35(28-15-4-3-14-27(26)28)39-31-18-7-5-16-29(31)38(30-17-6-8-19-32(30)39)34-21-11-23-37-40(34)33-20-9-10-22-36(33)41-37;1-2-12-25(13-3-1)26-14-10-15-27(24-26)36-28-16-4-6-18-30(28)37(31-19-7-5-17-29(31)36)33-21-11-23-35-38(33)32-20-8-9-22-34(32)39-35/h1-26H;1-24H;1-24H/i3D,4D,5D,6D,15D,16D,17D,18D;5D,6D,7D,8D,16D,17D,18D,19D;4D,5D,6D,7D,16D,17D,18D,19D. The van der Waals surface area contributed by atoms with Crippen molar-refractivity contribution in [1.29, 1.82) is 0 Å². The van der Waals surface area contributed by atoms with Crippen molar-refractivity contribution in [2.75, 3.05) is 0 Å². The first-order chi connectivity index (χ1) is 71.0. The lowest BCUT2D eigenvalue weighted by Gasteiger charge is -2.20. The van der Waals surface area contributed by atoms with Crippen molar-refractivity contribution in [1.82, 2.24) is 0 Å². The number of para-hydroxylation sites is 3. The molecule has 0 bridgehead atoms. The second-order valence-electron chi connectivity index (χ2n) is 30.4. The van der Waals surface area contributed by atoms with Gasteiger partial charge >= 0.3 is 0 Å². The first-order valence-corrected chi connectivity index (χ1v) is 40.3. The van der Waals surface area contributed by atoms with Crippen LogP contribution in [0.15, 0.2) is 462 Å². The molecule has 0 unspecified atom stereocenters. The molecule has 0 spiro atoms. The molecule has 572 valence electrons. The summed E-state index contributed by atoms with van der Waals surface area (Å²) in [6, 6.07) is 86.7. The summed E-state index contributed by atoms with van der Waals surface area (Å²) in [5, 5.41) is 12.2. The lowest BCUT2D eigenvalue weighted by molar-refractivity contribution is 0.668. The fraction of sp³-hybridized carbons (Fsp3) is 0. The molecule has 0 N–H and O–H groups in total. The molecule has 0 saturated carbocycles. The van der Waals surface area contributed by atoms with Crippen molar-refractivity contribution in [2.24, 2.45) is 0 Å². The maximum atomic E-state index is 9.40. The van der Waals surface area contributed by atoms with Crippen LogP contribution in [0.1, 0.15) is 32.9 Å². The Balaban J connectivity index is 0.000000118. The molecule has 26 rings (SSSR count). The van der Waals surface area contributed by atoms with Gasteiger partial charge in [0.05, 0.1) is 32.9 Å². The number of hydrogen-bond acceptors (Lipinski definition) is 3. The molecule has 0 aliphatic rings. The first-order valence-electron chi connectivity index (χ1n) is 52.3. The first kappa shape index (κ1) is 50.5. The Morgan fingerprint density at radius 1 is 0.146 bits per heavy atom. The minimum atomic E-state index is -0.436. The molecule has 0 amide bonds. The predicted octanol–water partition coefficient (Wildman–Crippen LogP) is 34.5. The van der Waals surface area contributed by atoms with Crippen LogP contribution in [0.5, 0.6) is 0 Å². The summed E-state index contributed by atoms with van der Waals surface area (Å²) < 4.78 is 236. The Morgan fingerprint density at radius 3 is 0.829 bits per heavy atom. The fourth-order valence-electron chi connectivity index (χ4n) is 18.4. The van der Waals surface area contributed by atoms with Crippen molar-refractivity contribution in [2.45, 2.75) is 0 Å². The molecule has 3 heteroatoms. The van der Waals surface area contributed by atoms with Crippen LogP contribution in [0.4, 0.5) is 0 Å². The van der Waals surface area contributed by atoms with E-state index in [2.05, 4.69) is 6.07 Å². The van der Waals surface area contributed by atoms with Crippen LogP contribution < -0.4 is 0 Å². The van der Waals surface area contributed by atoms with E-state index in [0.717, 1.165) is 70.7 Å². The lowest BCUT2D eigenvalue weighted by Crippen LogP contribution is -1.92. The van der Waals surface area contributed by atoms with E-state index in [-0.39, 0.29) is 137 Å². The highest BCUT2D eigenvalue weighted by atomic mass is 16.3. The van der Waals surface area contributed by atoms with E-state index in [1.807, 2.05) is 279 Å². The summed E-state index contributed by atoms with van der Waals surface area (Å²) in [6.45, 7) is 0. The van der Waals surface area contributed by atoms with Gasteiger partial charge in [-0.25, -0.2) is 0 Å². The molecule has 123 heavy (non-hydrogen) atoms. The summed E-state index contributed by atoms with van der Waals surface area (Å²) in [4.78, 5) is 0. The highest BCUT2D eigenvalue weighted by Gasteiger charge is 2.26. The van der Waals surface area contributed by atoms with E-state index in [1.165, 1.54) is 0 Å². The quantitative estimate of drug-likeness (QED) is 0.112. The highest BCUT2D eigenvalue weighted by molar-refractivity contribution is 6.31. The van der Waals surface area contributed by atoms with Gasteiger partial charge < -0.3 is 13.3 Å². The number of hydrogen-bond donors (Lipinski definition) is 0. The van der Waals surface area contributed by atoms with E-state index >= 15 is 0 Å². The molecule has 26 aromatic rings. The van der Waals surface area contributed by atoms with E-state index in [1.54, 1.807) is 18.2 Å². The lowest BCUT2D eigenvalue weighted by atomic mass is 9.83. The molecular formula is C120H74O3. The van der Waals surface area contributed by atoms with Crippen LogP contribution in [0.25, 0.3) is 252 Å². The summed E-state index contributed by atoms with van der Waals surface area (Å²) >= 11 is 0. The van der Waals surface area contributed by atoms with Gasteiger partial charge in [-0.2, -0.15) is 0 Å². The molecular weight excluding hydrogens is 1490 g/mol. The summed E-state index contributed by atoms with van der Waals surface area (Å²) in [6.07, 6.45) is 0. The van der Waals surface area contributed by atoms with Gasteiger partial charge in [0, 0.05) is 32.3 Å². The van der Waals surface area contributed by atoms with Crippen LogP contribution in [0.2, 0.25) is 0 Å². The molecule has 0 fully saturated rings. The average Bonchev–Trinajstić information content (AvgIpc) is 1.59. The second-order valence-corrected chi connectivity index (χ2v) is 30.4. The highest BCUT2D eigenvalue weighted by Crippen LogP contribution is 2.53. The second kappa shape index (κ2) is 29.4. The monoisotopic (exact) mass is 1590 g/mol. The van der Waals surface area contributed by atoms with Crippen LogP contribution in [0, 0.1) is 0 Å². The minimum Gasteiger partial charge on any atom is -0.456 e. The van der Waals surface area contributed by atoms with Crippen molar-refractivity contribution >= 4 is 163 Å². The van der Waals surface area contributed by atoms with Crippen LogP contribution in [0.3, 0.4) is 0 Å². The van der Waals surface area contributed by atoms with E-state index in [4.69, 9.17) is 29.7 Å². The molecule has 0 aliphatic heterocycles. The van der Waals surface area contributed by atoms with Gasteiger partial charge in [0.15, 0.2) is 0 Å². The van der Waals surface area contributed by atoms with Crippen molar-refractivity contribution in [3.63, 3.8) is 0 Å². The Hall–Kier alpha value is -16.2. The molecule has 0 radical (unpaired) electrons. The van der Waals surface area contributed by atoms with E-state index in [9.17, 15) is 16.4 Å². The Bertz CT molecular complexity index is 10100. The van der Waals surface area contributed by atoms with Gasteiger partial charge in [-0.15, -0.1) is 0 Å². The Morgan fingerprint density at radius 2 is 0.423 bits per heavy atom. The van der Waals surface area contributed by atoms with Gasteiger partial charge in [0.25, 0.3) is 0 Å². The number of fused-ring (bicyclic) bond motifs is 19. The van der Waals surface area contributed by atoms with Crippen LogP contribution in [-0.2, 0) is 0 Å². The summed E-state index contributed by atoms with van der Waals surface area (Å²) in [5.41, 5.74) is 12.3. The van der Waals surface area contributed by atoms with Crippen LogP contribution in [-0.4, -0.2) is 0 Å². The zero-order chi connectivity index (χ0) is 102. The van der Waals surface area contributed by atoms with Crippen molar-refractivity contribution < 1.29 is 46.1 Å². The smallest absolute Gasteiger partial charge is 0.136 e. The number of benzene rings is 23. The van der Waals surface area contributed by atoms with E-state index < -0.39 is 72.5 Å². The molecule has 0 aliphatic carbocycles. The van der Waals surface area contributed by atoms with Gasteiger partial charge in [-0.05, 0) is 247 Å². The summed E-state index contributed by atoms with van der Waals surface area (Å²) in [5.74, 6) is 0. The maximum absolute atomic E-state index is 9.40. The zero-order valence-electron chi connectivity index (χ0n) is 89.1. The van der Waals surface area contributed by atoms with Gasteiger partial charge in [-0.3, -0.25) is 0 Å². The molecule has 3 aromatic heterocycles. The molecule has 3 nitrogen and oxygen atoms in total. The average molecular weight is 1590 g/mol. The largest absolute Gasteiger partial charge is 0.456 e. The third-order valence-corrected chi connectivity index (χ3v) is 23.7. The van der Waals surface area contributed by atoms with E-state index in [0.29, 0.717) is 116 Å². The fourth-order valence-corrected chi connectivity index (χ4v) is 18.4. The van der Waals surface area contributed by atoms with Gasteiger partial charge in [-0.1, -0.05) is 388 Å². The Kier molecular flexibility index (Phi) is 12.1.